The molecule has 0 radical (unpaired) electrons. The molecule has 1 aromatic heterocycles. The van der Waals surface area contributed by atoms with E-state index < -0.39 is 10.0 Å². The average Bonchev–Trinajstić information content (AvgIpc) is 3.01. The van der Waals surface area contributed by atoms with Crippen molar-refractivity contribution in [1.82, 2.24) is 18.7 Å². The van der Waals surface area contributed by atoms with Crippen LogP contribution >= 0.6 is 0 Å². The molecule has 1 saturated heterocycles. The minimum absolute atomic E-state index is 0.135. The number of benzene rings is 1. The summed E-state index contributed by atoms with van der Waals surface area (Å²) in [5.74, 6) is 0.189. The number of carbonyl (C=O) groups excluding carboxylic acids is 1. The lowest BCUT2D eigenvalue weighted by atomic mass is 9.99. The summed E-state index contributed by atoms with van der Waals surface area (Å²) in [5, 5.41) is 4.44. The Bertz CT molecular complexity index is 1120. The van der Waals surface area contributed by atoms with Crippen molar-refractivity contribution >= 4 is 21.6 Å². The summed E-state index contributed by atoms with van der Waals surface area (Å²) in [5.41, 5.74) is 1.67. The minimum atomic E-state index is -3.29. The highest BCUT2D eigenvalue weighted by molar-refractivity contribution is 7.88. The predicted molar refractivity (Wildman–Crippen MR) is 113 cm³/mol. The maximum atomic E-state index is 13.0. The first-order valence-corrected chi connectivity index (χ1v) is 12.1. The van der Waals surface area contributed by atoms with Crippen LogP contribution in [-0.4, -0.2) is 58.9 Å². The molecule has 30 heavy (non-hydrogen) atoms. The average molecular weight is 434 g/mol. The largest absolute Gasteiger partial charge is 0.346 e. The Balaban J connectivity index is 1.56. The second-order valence-corrected chi connectivity index (χ2v) is 10.1. The molecule has 1 amide bonds. The van der Waals surface area contributed by atoms with Crippen LogP contribution in [0.4, 0.5) is 5.69 Å². The number of aryl methyl sites for hydroxylation is 1. The molecule has 0 bridgehead atoms. The molecule has 4 rings (SSSR count). The number of piperidine rings is 1. The van der Waals surface area contributed by atoms with Crippen LogP contribution in [0.1, 0.15) is 36.6 Å². The second kappa shape index (κ2) is 7.99. The molecule has 0 N–H and O–H groups in total. The van der Waals surface area contributed by atoms with E-state index >= 15 is 0 Å². The number of rotatable bonds is 4. The number of hydrogen-bond donors (Lipinski definition) is 0. The van der Waals surface area contributed by atoms with E-state index in [1.54, 1.807) is 11.9 Å². The Kier molecular flexibility index (Phi) is 5.54. The van der Waals surface area contributed by atoms with Gasteiger partial charge in [0.1, 0.15) is 12.4 Å². The van der Waals surface area contributed by atoms with E-state index in [1.807, 2.05) is 24.3 Å². The lowest BCUT2D eigenvalue weighted by molar-refractivity contribution is -0.119. The van der Waals surface area contributed by atoms with Gasteiger partial charge in [-0.15, -0.1) is 0 Å². The van der Waals surface area contributed by atoms with Crippen molar-refractivity contribution in [3.63, 3.8) is 0 Å². The zero-order valence-electron chi connectivity index (χ0n) is 17.3. The Morgan fingerprint density at radius 3 is 2.73 bits per heavy atom. The van der Waals surface area contributed by atoms with Crippen molar-refractivity contribution in [3.05, 3.63) is 46.1 Å². The molecule has 2 aliphatic rings. The number of fused-ring (bicyclic) bond motifs is 1. The van der Waals surface area contributed by atoms with Gasteiger partial charge in [0.2, 0.25) is 15.9 Å². The van der Waals surface area contributed by atoms with Crippen LogP contribution in [0.25, 0.3) is 0 Å². The fraction of sp³-hybridized carbons (Fsp3) is 0.550. The minimum Gasteiger partial charge on any atom is -0.311 e. The molecule has 10 heteroatoms. The van der Waals surface area contributed by atoms with Crippen molar-refractivity contribution in [2.75, 3.05) is 30.8 Å². The fourth-order valence-electron chi connectivity index (χ4n) is 4.42. The van der Waals surface area contributed by atoms with Gasteiger partial charge in [-0.2, -0.15) is 5.10 Å². The smallest absolute Gasteiger partial charge is 0.311 e. The number of nitrogens with zero attached hydrogens (tertiary/aromatic N) is 5. The van der Waals surface area contributed by atoms with E-state index in [9.17, 15) is 18.0 Å². The first-order chi connectivity index (χ1) is 14.3. The third-order valence-corrected chi connectivity index (χ3v) is 7.26. The van der Waals surface area contributed by atoms with E-state index in [2.05, 4.69) is 5.10 Å². The van der Waals surface area contributed by atoms with Crippen molar-refractivity contribution in [2.24, 2.45) is 7.05 Å². The highest BCUT2D eigenvalue weighted by Gasteiger charge is 2.31. The zero-order chi connectivity index (χ0) is 21.5. The Labute approximate surface area is 175 Å². The molecular formula is C20H27N5O4S. The molecule has 162 valence electrons. The summed E-state index contributed by atoms with van der Waals surface area (Å²) in [4.78, 5) is 27.5. The van der Waals surface area contributed by atoms with Crippen molar-refractivity contribution in [3.8, 4) is 0 Å². The number of anilines is 1. The van der Waals surface area contributed by atoms with Gasteiger partial charge in [0.05, 0.1) is 6.26 Å². The molecular weight excluding hydrogens is 406 g/mol. The normalized spacial score (nSPS) is 20.2. The lowest BCUT2D eigenvalue weighted by Gasteiger charge is -2.30. The first-order valence-electron chi connectivity index (χ1n) is 10.2. The third-order valence-electron chi connectivity index (χ3n) is 5.99. The van der Waals surface area contributed by atoms with Crippen LogP contribution in [-0.2, 0) is 34.8 Å². The number of carbonyl (C=O) groups is 1. The molecule has 1 atom stereocenters. The highest BCUT2D eigenvalue weighted by Crippen LogP contribution is 2.28. The molecule has 2 aromatic rings. The fourth-order valence-corrected chi connectivity index (χ4v) is 5.34. The lowest BCUT2D eigenvalue weighted by Crippen LogP contribution is -2.40. The van der Waals surface area contributed by atoms with Gasteiger partial charge in [0.15, 0.2) is 0 Å². The van der Waals surface area contributed by atoms with Crippen LogP contribution in [0.5, 0.6) is 0 Å². The number of amides is 1. The van der Waals surface area contributed by atoms with Gasteiger partial charge in [-0.1, -0.05) is 18.2 Å². The van der Waals surface area contributed by atoms with Gasteiger partial charge in [-0.25, -0.2) is 22.2 Å². The SMILES string of the molecule is Cn1c(C2CCCN(S(C)(=O)=O)C2)nn(CC(=O)N2CCCc3ccccc32)c1=O. The van der Waals surface area contributed by atoms with Gasteiger partial charge in [-0.3, -0.25) is 9.36 Å². The van der Waals surface area contributed by atoms with Gasteiger partial charge in [0, 0.05) is 38.3 Å². The van der Waals surface area contributed by atoms with Crippen molar-refractivity contribution in [2.45, 2.75) is 38.1 Å². The maximum Gasteiger partial charge on any atom is 0.346 e. The molecule has 0 spiro atoms. The molecule has 2 aliphatic heterocycles. The summed E-state index contributed by atoms with van der Waals surface area (Å²) in [7, 11) is -1.67. The van der Waals surface area contributed by atoms with Crippen LogP contribution in [0.3, 0.4) is 0 Å². The van der Waals surface area contributed by atoms with E-state index in [-0.39, 0.29) is 24.1 Å². The summed E-state index contributed by atoms with van der Waals surface area (Å²) < 4.78 is 27.9. The molecule has 1 unspecified atom stereocenters. The molecule has 1 fully saturated rings. The van der Waals surface area contributed by atoms with E-state index in [4.69, 9.17) is 0 Å². The predicted octanol–water partition coefficient (Wildman–Crippen LogP) is 0.700. The van der Waals surface area contributed by atoms with Gasteiger partial charge in [0.25, 0.3) is 0 Å². The maximum absolute atomic E-state index is 13.0. The van der Waals surface area contributed by atoms with Gasteiger partial charge in [-0.05, 0) is 37.3 Å². The van der Waals surface area contributed by atoms with E-state index in [0.29, 0.717) is 31.9 Å². The number of sulfonamides is 1. The Morgan fingerprint density at radius 2 is 1.97 bits per heavy atom. The van der Waals surface area contributed by atoms with E-state index in [0.717, 1.165) is 30.5 Å². The third kappa shape index (κ3) is 3.93. The number of aromatic nitrogens is 3. The second-order valence-electron chi connectivity index (χ2n) is 8.10. The summed E-state index contributed by atoms with van der Waals surface area (Å²) in [6.07, 6.45) is 4.48. The van der Waals surface area contributed by atoms with Crippen LogP contribution in [0.2, 0.25) is 0 Å². The van der Waals surface area contributed by atoms with Crippen molar-refractivity contribution in [1.29, 1.82) is 0 Å². The summed E-state index contributed by atoms with van der Waals surface area (Å²) in [6.45, 7) is 1.27. The summed E-state index contributed by atoms with van der Waals surface area (Å²) in [6, 6.07) is 7.83. The number of hydrogen-bond acceptors (Lipinski definition) is 5. The summed E-state index contributed by atoms with van der Waals surface area (Å²) >= 11 is 0. The quantitative estimate of drug-likeness (QED) is 0.707. The van der Waals surface area contributed by atoms with Crippen LogP contribution < -0.4 is 10.6 Å². The monoisotopic (exact) mass is 433 g/mol. The standard InChI is InChI=1S/C20H27N5O4S/c1-22-19(16-9-5-11-23(13-16)30(2,28)29)21-25(20(22)27)14-18(26)24-12-6-8-15-7-3-4-10-17(15)24/h3-4,7,10,16H,5-6,8-9,11-14H2,1-2H3. The van der Waals surface area contributed by atoms with Crippen LogP contribution in [0.15, 0.2) is 29.1 Å². The zero-order valence-corrected chi connectivity index (χ0v) is 18.1. The Hall–Kier alpha value is -2.46. The van der Waals surface area contributed by atoms with Crippen molar-refractivity contribution < 1.29 is 13.2 Å². The Morgan fingerprint density at radius 1 is 1.20 bits per heavy atom. The van der Waals surface area contributed by atoms with Gasteiger partial charge >= 0.3 is 5.69 Å². The highest BCUT2D eigenvalue weighted by atomic mass is 32.2. The molecule has 3 heterocycles. The molecule has 9 nitrogen and oxygen atoms in total. The number of para-hydroxylation sites is 1. The van der Waals surface area contributed by atoms with E-state index in [1.165, 1.54) is 19.8 Å². The van der Waals surface area contributed by atoms with Gasteiger partial charge < -0.3 is 4.90 Å². The first kappa shape index (κ1) is 20.8. The molecule has 0 aliphatic carbocycles. The molecule has 1 aromatic carbocycles. The van der Waals surface area contributed by atoms with Crippen LogP contribution in [0, 0.1) is 0 Å². The topological polar surface area (TPSA) is 97.5 Å². The molecule has 0 saturated carbocycles.